The van der Waals surface area contributed by atoms with Gasteiger partial charge in [0.25, 0.3) is 7.82 Å². The summed E-state index contributed by atoms with van der Waals surface area (Å²) in [6, 6.07) is -1.10. The van der Waals surface area contributed by atoms with E-state index in [2.05, 4.69) is 129 Å². The predicted molar refractivity (Wildman–Crippen MR) is 322 cm³/mol. The van der Waals surface area contributed by atoms with E-state index >= 15 is 0 Å². The lowest BCUT2D eigenvalue weighted by Crippen LogP contribution is -2.51. The SMILES string of the molecule is CC/C=C\C/C=C\C/C=C\C/C=C\C/C=C\C/C=C\C/C=C\CCCCCCCCCCCCCCCCCCCC(=O)NC(COP(=O)([O-])OCC[N+](C)(C)C)C(O)C(O)CCC/C=C/CC/C=C/CCCCC. The first-order valence-electron chi connectivity index (χ1n) is 30.3. The highest BCUT2D eigenvalue weighted by molar-refractivity contribution is 7.45. The normalized spacial score (nSPS) is 15.0. The Labute approximate surface area is 462 Å². The second-order valence-corrected chi connectivity index (χ2v) is 22.9. The summed E-state index contributed by atoms with van der Waals surface area (Å²) in [5.41, 5.74) is 0. The third kappa shape index (κ3) is 55.7. The average Bonchev–Trinajstić information content (AvgIpc) is 3.37. The summed E-state index contributed by atoms with van der Waals surface area (Å²) < 4.78 is 23.2. The molecule has 0 aromatic carbocycles. The summed E-state index contributed by atoms with van der Waals surface area (Å²) in [5.74, 6) is -0.295. The average molecular weight is 1070 g/mol. The minimum atomic E-state index is -4.69. The van der Waals surface area contributed by atoms with E-state index in [4.69, 9.17) is 9.05 Å². The molecule has 0 spiro atoms. The van der Waals surface area contributed by atoms with Crippen molar-refractivity contribution in [1.29, 1.82) is 0 Å². The first-order chi connectivity index (χ1) is 36.4. The fourth-order valence-electron chi connectivity index (χ4n) is 8.31. The van der Waals surface area contributed by atoms with E-state index in [-0.39, 0.29) is 18.9 Å². The topological polar surface area (TPSA) is 128 Å². The number of amides is 1. The fraction of sp³-hybridized carbons (Fsp3) is 0.708. The molecular weight excluding hydrogens is 952 g/mol. The van der Waals surface area contributed by atoms with Crippen LogP contribution >= 0.6 is 7.82 Å². The van der Waals surface area contributed by atoms with Crippen molar-refractivity contribution < 1.29 is 38.0 Å². The zero-order valence-electron chi connectivity index (χ0n) is 48.8. The second-order valence-electron chi connectivity index (χ2n) is 21.4. The molecule has 0 fully saturated rings. The van der Waals surface area contributed by atoms with Gasteiger partial charge in [0.05, 0.1) is 39.9 Å². The number of aliphatic hydroxyl groups is 2. The molecule has 4 unspecified atom stereocenters. The monoisotopic (exact) mass is 1070 g/mol. The summed E-state index contributed by atoms with van der Waals surface area (Å²) in [5, 5.41) is 24.7. The number of hydrogen-bond acceptors (Lipinski definition) is 7. The first kappa shape index (κ1) is 72.1. The van der Waals surface area contributed by atoms with Crippen molar-refractivity contribution in [3.63, 3.8) is 0 Å². The minimum absolute atomic E-state index is 0.0520. The van der Waals surface area contributed by atoms with Gasteiger partial charge < -0.3 is 34.0 Å². The summed E-state index contributed by atoms with van der Waals surface area (Å²) in [4.78, 5) is 25.5. The van der Waals surface area contributed by atoms with E-state index in [1.54, 1.807) is 0 Å². The van der Waals surface area contributed by atoms with Gasteiger partial charge in [0.15, 0.2) is 0 Å². The van der Waals surface area contributed by atoms with Crippen molar-refractivity contribution in [2.75, 3.05) is 40.9 Å². The van der Waals surface area contributed by atoms with Crippen LogP contribution in [-0.4, -0.2) is 79.8 Å². The molecule has 0 aliphatic carbocycles. The number of nitrogens with one attached hydrogen (secondary N) is 1. The number of carbonyl (C=O) groups excluding carboxylic acids is 1. The van der Waals surface area contributed by atoms with Gasteiger partial charge in [-0.25, -0.2) is 0 Å². The number of quaternary nitrogens is 1. The predicted octanol–water partition coefficient (Wildman–Crippen LogP) is 17.1. The van der Waals surface area contributed by atoms with Gasteiger partial charge in [-0.2, -0.15) is 0 Å². The van der Waals surface area contributed by atoms with Crippen molar-refractivity contribution in [2.45, 2.75) is 257 Å². The Morgan fingerprint density at radius 2 is 0.853 bits per heavy atom. The van der Waals surface area contributed by atoms with Gasteiger partial charge in [-0.05, 0) is 109 Å². The molecular formula is C65H115N2O7P. The number of allylic oxidation sites excluding steroid dienone is 18. The summed E-state index contributed by atoms with van der Waals surface area (Å²) in [7, 11) is 1.09. The summed E-state index contributed by atoms with van der Waals surface area (Å²) >= 11 is 0. The molecule has 0 aromatic rings. The zero-order valence-corrected chi connectivity index (χ0v) is 49.7. The van der Waals surface area contributed by atoms with E-state index < -0.39 is 32.7 Å². The molecule has 4 atom stereocenters. The molecule has 0 heterocycles. The van der Waals surface area contributed by atoms with Crippen molar-refractivity contribution >= 4 is 13.7 Å². The van der Waals surface area contributed by atoms with Crippen LogP contribution < -0.4 is 10.2 Å². The van der Waals surface area contributed by atoms with E-state index in [1.807, 2.05) is 21.1 Å². The number of phosphoric acid groups is 1. The molecule has 0 rings (SSSR count). The molecule has 0 saturated heterocycles. The Bertz CT molecular complexity index is 1610. The zero-order chi connectivity index (χ0) is 55.0. The van der Waals surface area contributed by atoms with Crippen molar-refractivity contribution in [3.8, 4) is 0 Å². The van der Waals surface area contributed by atoms with Gasteiger partial charge in [0.1, 0.15) is 19.3 Å². The minimum Gasteiger partial charge on any atom is -0.756 e. The van der Waals surface area contributed by atoms with Crippen LogP contribution in [0, 0.1) is 0 Å². The van der Waals surface area contributed by atoms with Crippen LogP contribution in [0.15, 0.2) is 109 Å². The van der Waals surface area contributed by atoms with Crippen LogP contribution in [-0.2, 0) is 18.4 Å². The van der Waals surface area contributed by atoms with Gasteiger partial charge in [-0.1, -0.05) is 232 Å². The van der Waals surface area contributed by atoms with Gasteiger partial charge >= 0.3 is 0 Å². The lowest BCUT2D eigenvalue weighted by Gasteiger charge is -2.31. The van der Waals surface area contributed by atoms with Crippen LogP contribution in [0.2, 0.25) is 0 Å². The van der Waals surface area contributed by atoms with Gasteiger partial charge in [0, 0.05) is 6.42 Å². The number of phosphoric ester groups is 1. The molecule has 3 N–H and O–H groups in total. The van der Waals surface area contributed by atoms with Gasteiger partial charge in [-0.3, -0.25) is 9.36 Å². The largest absolute Gasteiger partial charge is 0.756 e. The van der Waals surface area contributed by atoms with Crippen molar-refractivity contribution in [2.24, 2.45) is 0 Å². The third-order valence-electron chi connectivity index (χ3n) is 13.1. The molecule has 0 aromatic heterocycles. The van der Waals surface area contributed by atoms with E-state index in [0.29, 0.717) is 30.3 Å². The van der Waals surface area contributed by atoms with Crippen LogP contribution in [0.25, 0.3) is 0 Å². The molecule has 0 aliphatic rings. The number of likely N-dealkylation sites (N-methyl/N-ethyl adjacent to an activating group) is 1. The second kappa shape index (κ2) is 54.5. The van der Waals surface area contributed by atoms with E-state index in [0.717, 1.165) is 89.9 Å². The van der Waals surface area contributed by atoms with Crippen LogP contribution in [0.1, 0.15) is 239 Å². The standard InChI is InChI=1S/C65H115N2O7P/c1-6-8-10-12-14-16-18-20-21-22-23-24-25-26-27-28-29-30-31-32-33-34-35-36-37-38-39-40-41-42-43-44-45-46-48-50-52-54-56-58-64(69)66-62(61-74-75(71,72)73-60-59-67(3,4)5)65(70)63(68)57-55-53-51-49-47-19-17-15-13-11-9-7-2/h8,10,14-17,20-21,23-24,26-27,29-30,32-33,49,51,62-63,65,68,70H,6-7,9,11-13,18-19,22,25,28,31,34-48,50,52-61H2,1-5H3,(H-,66,69,71,72)/b10-8-,16-14-,17-15+,21-20-,24-23-,27-26-,30-29-,33-32-,51-49+. The van der Waals surface area contributed by atoms with Crippen molar-refractivity contribution in [1.82, 2.24) is 5.32 Å². The number of carbonyl (C=O) groups is 1. The maximum atomic E-state index is 13.0. The van der Waals surface area contributed by atoms with Crippen LogP contribution in [0.4, 0.5) is 0 Å². The number of unbranched alkanes of at least 4 members (excludes halogenated alkanes) is 22. The highest BCUT2D eigenvalue weighted by Crippen LogP contribution is 2.38. The molecule has 0 aliphatic heterocycles. The summed E-state index contributed by atoms with van der Waals surface area (Å²) in [6.07, 6.45) is 76.1. The Balaban J connectivity index is 4.05. The molecule has 1 amide bonds. The molecule has 0 bridgehead atoms. The van der Waals surface area contributed by atoms with Gasteiger partial charge in [0.2, 0.25) is 5.91 Å². The highest BCUT2D eigenvalue weighted by atomic mass is 31.2. The molecule has 0 radical (unpaired) electrons. The Hall–Kier alpha value is -2.88. The lowest BCUT2D eigenvalue weighted by molar-refractivity contribution is -0.870. The first-order valence-corrected chi connectivity index (χ1v) is 31.8. The number of nitrogens with zero attached hydrogens (tertiary/aromatic N) is 1. The third-order valence-corrected chi connectivity index (χ3v) is 14.0. The maximum Gasteiger partial charge on any atom is 0.268 e. The number of rotatable bonds is 54. The molecule has 75 heavy (non-hydrogen) atoms. The smallest absolute Gasteiger partial charge is 0.268 e. The van der Waals surface area contributed by atoms with Crippen molar-refractivity contribution in [3.05, 3.63) is 109 Å². The Morgan fingerprint density at radius 3 is 1.28 bits per heavy atom. The highest BCUT2D eigenvalue weighted by Gasteiger charge is 2.29. The number of aliphatic hydroxyl groups excluding tert-OH is 2. The Kier molecular flexibility index (Phi) is 52.4. The van der Waals surface area contributed by atoms with E-state index in [1.165, 1.54) is 109 Å². The molecule has 432 valence electrons. The van der Waals surface area contributed by atoms with Gasteiger partial charge in [-0.15, -0.1) is 0 Å². The quantitative estimate of drug-likeness (QED) is 0.0239. The summed E-state index contributed by atoms with van der Waals surface area (Å²) in [6.45, 7) is 4.26. The lowest BCUT2D eigenvalue weighted by atomic mass is 10.0. The van der Waals surface area contributed by atoms with E-state index in [9.17, 15) is 24.5 Å². The molecule has 9 nitrogen and oxygen atoms in total. The fourth-order valence-corrected chi connectivity index (χ4v) is 9.03. The Morgan fingerprint density at radius 1 is 0.493 bits per heavy atom. The van der Waals surface area contributed by atoms with Crippen LogP contribution in [0.5, 0.6) is 0 Å². The number of hydrogen-bond donors (Lipinski definition) is 3. The molecule has 10 heteroatoms. The molecule has 0 saturated carbocycles. The van der Waals surface area contributed by atoms with Crippen LogP contribution in [0.3, 0.4) is 0 Å². The maximum absolute atomic E-state index is 13.0.